The largest absolute Gasteiger partial charge is 0.508 e. The first-order valence-electron chi connectivity index (χ1n) is 3.91. The third kappa shape index (κ3) is 2.09. The van der Waals surface area contributed by atoms with Crippen LogP contribution in [-0.4, -0.2) is 10.9 Å². The second-order valence-electron chi connectivity index (χ2n) is 2.96. The third-order valence-corrected chi connectivity index (χ3v) is 1.72. The molecule has 64 valence electrons. The molecule has 0 radical (unpaired) electrons. The standard InChI is InChI=1S/C10H12O2/c1-7-5-9(8(2)11)3-4-10(12)6-7/h3-7,12H,1-2H3. The molecule has 1 N–H and O–H groups in total. The number of carbonyl (C=O) groups excluding carboxylic acids is 1. The Bertz CT molecular complexity index is 282. The lowest BCUT2D eigenvalue weighted by molar-refractivity contribution is -0.113. The molecular formula is C10H12O2. The van der Waals surface area contributed by atoms with E-state index in [0.29, 0.717) is 5.57 Å². The highest BCUT2D eigenvalue weighted by molar-refractivity contribution is 5.96. The first-order chi connectivity index (χ1) is 5.59. The van der Waals surface area contributed by atoms with Crippen LogP contribution in [-0.2, 0) is 4.79 Å². The van der Waals surface area contributed by atoms with E-state index in [2.05, 4.69) is 0 Å². The van der Waals surface area contributed by atoms with Crippen molar-refractivity contribution in [1.29, 1.82) is 0 Å². The lowest BCUT2D eigenvalue weighted by Gasteiger charge is -1.98. The molecule has 0 aromatic rings. The minimum absolute atomic E-state index is 0.0289. The van der Waals surface area contributed by atoms with Gasteiger partial charge < -0.3 is 5.11 Å². The number of aliphatic hydroxyl groups excluding tert-OH is 1. The van der Waals surface area contributed by atoms with Gasteiger partial charge in [0.25, 0.3) is 0 Å². The maximum absolute atomic E-state index is 11.0. The van der Waals surface area contributed by atoms with Crippen molar-refractivity contribution in [3.63, 3.8) is 0 Å². The quantitative estimate of drug-likeness (QED) is 0.644. The van der Waals surface area contributed by atoms with Crippen molar-refractivity contribution in [1.82, 2.24) is 0 Å². The molecule has 0 heterocycles. The molecule has 0 fully saturated rings. The highest BCUT2D eigenvalue weighted by Gasteiger charge is 2.05. The van der Waals surface area contributed by atoms with Gasteiger partial charge in [0.15, 0.2) is 5.78 Å². The first kappa shape index (κ1) is 8.78. The summed E-state index contributed by atoms with van der Waals surface area (Å²) < 4.78 is 0. The third-order valence-electron chi connectivity index (χ3n) is 1.72. The average Bonchev–Trinajstić information content (AvgIpc) is 2.11. The van der Waals surface area contributed by atoms with Gasteiger partial charge in [-0.3, -0.25) is 4.79 Å². The fourth-order valence-electron chi connectivity index (χ4n) is 1.12. The van der Waals surface area contributed by atoms with E-state index in [0.717, 1.165) is 0 Å². The summed E-state index contributed by atoms with van der Waals surface area (Å²) in [5, 5.41) is 9.19. The summed E-state index contributed by atoms with van der Waals surface area (Å²) in [6.45, 7) is 3.44. The van der Waals surface area contributed by atoms with Crippen molar-refractivity contribution >= 4 is 5.78 Å². The Morgan fingerprint density at radius 2 is 2.08 bits per heavy atom. The van der Waals surface area contributed by atoms with E-state index in [1.165, 1.54) is 13.0 Å². The van der Waals surface area contributed by atoms with E-state index in [-0.39, 0.29) is 17.5 Å². The predicted octanol–water partition coefficient (Wildman–Crippen LogP) is 2.15. The minimum Gasteiger partial charge on any atom is -0.508 e. The van der Waals surface area contributed by atoms with Gasteiger partial charge in [-0.15, -0.1) is 0 Å². The Hall–Kier alpha value is -1.31. The predicted molar refractivity (Wildman–Crippen MR) is 47.8 cm³/mol. The summed E-state index contributed by atoms with van der Waals surface area (Å²) >= 11 is 0. The molecule has 0 spiro atoms. The molecule has 0 aromatic carbocycles. The van der Waals surface area contributed by atoms with E-state index < -0.39 is 0 Å². The number of aliphatic hydroxyl groups is 1. The number of ketones is 1. The van der Waals surface area contributed by atoms with Gasteiger partial charge in [0.2, 0.25) is 0 Å². The molecule has 0 amide bonds. The lowest BCUT2D eigenvalue weighted by Crippen LogP contribution is -1.94. The van der Waals surface area contributed by atoms with Gasteiger partial charge in [-0.1, -0.05) is 13.0 Å². The number of hydrogen-bond acceptors (Lipinski definition) is 2. The zero-order valence-electron chi connectivity index (χ0n) is 7.24. The smallest absolute Gasteiger partial charge is 0.159 e. The van der Waals surface area contributed by atoms with Crippen molar-refractivity contribution in [2.75, 3.05) is 0 Å². The summed E-state index contributed by atoms with van der Waals surface area (Å²) in [5.74, 6) is 0.357. The fourth-order valence-corrected chi connectivity index (χ4v) is 1.12. The maximum atomic E-state index is 11.0. The van der Waals surface area contributed by atoms with Crippen molar-refractivity contribution < 1.29 is 9.90 Å². The molecular weight excluding hydrogens is 152 g/mol. The highest BCUT2D eigenvalue weighted by Crippen LogP contribution is 2.14. The van der Waals surface area contributed by atoms with Crippen LogP contribution in [0.1, 0.15) is 13.8 Å². The Morgan fingerprint density at radius 1 is 1.42 bits per heavy atom. The topological polar surface area (TPSA) is 37.3 Å². The van der Waals surface area contributed by atoms with Crippen LogP contribution in [0.5, 0.6) is 0 Å². The number of rotatable bonds is 1. The molecule has 1 aliphatic rings. The van der Waals surface area contributed by atoms with E-state index in [1.54, 1.807) is 12.2 Å². The minimum atomic E-state index is 0.0289. The molecule has 2 heteroatoms. The van der Waals surface area contributed by atoms with E-state index >= 15 is 0 Å². The molecule has 0 aliphatic heterocycles. The zero-order valence-corrected chi connectivity index (χ0v) is 7.24. The molecule has 1 unspecified atom stereocenters. The Morgan fingerprint density at radius 3 is 2.67 bits per heavy atom. The van der Waals surface area contributed by atoms with Crippen LogP contribution in [0.3, 0.4) is 0 Å². The van der Waals surface area contributed by atoms with Gasteiger partial charge in [-0.05, 0) is 31.1 Å². The van der Waals surface area contributed by atoms with Crippen LogP contribution < -0.4 is 0 Å². The summed E-state index contributed by atoms with van der Waals surface area (Å²) in [6, 6.07) is 0. The number of hydrogen-bond donors (Lipinski definition) is 1. The summed E-state index contributed by atoms with van der Waals surface area (Å²) in [5.41, 5.74) is 0.655. The molecule has 0 aromatic heterocycles. The second-order valence-corrected chi connectivity index (χ2v) is 2.96. The Balaban J connectivity index is 2.95. The average molecular weight is 164 g/mol. The molecule has 0 bridgehead atoms. The Labute approximate surface area is 71.9 Å². The molecule has 12 heavy (non-hydrogen) atoms. The van der Waals surface area contributed by atoms with Crippen LogP contribution in [0.15, 0.2) is 35.6 Å². The monoisotopic (exact) mass is 164 g/mol. The van der Waals surface area contributed by atoms with Crippen LogP contribution in [0, 0.1) is 5.92 Å². The van der Waals surface area contributed by atoms with E-state index in [9.17, 15) is 9.90 Å². The van der Waals surface area contributed by atoms with Crippen molar-refractivity contribution in [3.05, 3.63) is 35.6 Å². The van der Waals surface area contributed by atoms with Crippen LogP contribution in [0.2, 0.25) is 0 Å². The van der Waals surface area contributed by atoms with Crippen LogP contribution in [0.25, 0.3) is 0 Å². The molecule has 0 saturated heterocycles. The number of Topliss-reactive ketones (excluding diaryl/α,β-unsaturated/α-hetero) is 1. The van der Waals surface area contributed by atoms with Gasteiger partial charge in [0.1, 0.15) is 5.76 Å². The van der Waals surface area contributed by atoms with E-state index in [4.69, 9.17) is 0 Å². The number of carbonyl (C=O) groups is 1. The molecule has 1 aliphatic carbocycles. The van der Waals surface area contributed by atoms with Crippen LogP contribution in [0.4, 0.5) is 0 Å². The van der Waals surface area contributed by atoms with Gasteiger partial charge in [0.05, 0.1) is 0 Å². The highest BCUT2D eigenvalue weighted by atomic mass is 16.3. The zero-order chi connectivity index (χ0) is 9.14. The van der Waals surface area contributed by atoms with Crippen molar-refractivity contribution in [2.45, 2.75) is 13.8 Å². The van der Waals surface area contributed by atoms with Crippen LogP contribution >= 0.6 is 0 Å². The van der Waals surface area contributed by atoms with Gasteiger partial charge in [-0.25, -0.2) is 0 Å². The molecule has 1 atom stereocenters. The Kier molecular flexibility index (Phi) is 2.48. The fraction of sp³-hybridized carbons (Fsp3) is 0.300. The molecule has 0 saturated carbocycles. The number of allylic oxidation sites excluding steroid dienone is 5. The lowest BCUT2D eigenvalue weighted by atomic mass is 10.1. The van der Waals surface area contributed by atoms with E-state index in [1.807, 2.05) is 13.0 Å². The van der Waals surface area contributed by atoms with Gasteiger partial charge in [0, 0.05) is 5.57 Å². The summed E-state index contributed by atoms with van der Waals surface area (Å²) in [7, 11) is 0. The SMILES string of the molecule is CC(=O)C1=CC(C)C=C(O)C=C1. The maximum Gasteiger partial charge on any atom is 0.159 e. The normalized spacial score (nSPS) is 22.7. The van der Waals surface area contributed by atoms with Gasteiger partial charge in [-0.2, -0.15) is 0 Å². The first-order valence-corrected chi connectivity index (χ1v) is 3.91. The summed E-state index contributed by atoms with van der Waals surface area (Å²) in [4.78, 5) is 11.0. The molecule has 2 nitrogen and oxygen atoms in total. The second kappa shape index (κ2) is 3.39. The van der Waals surface area contributed by atoms with Gasteiger partial charge >= 0.3 is 0 Å². The van der Waals surface area contributed by atoms with Crippen molar-refractivity contribution in [3.8, 4) is 0 Å². The summed E-state index contributed by atoms with van der Waals surface area (Å²) in [6.07, 6.45) is 6.71. The molecule has 1 rings (SSSR count). The van der Waals surface area contributed by atoms with Crippen molar-refractivity contribution in [2.24, 2.45) is 5.92 Å².